The van der Waals surface area contributed by atoms with E-state index in [1.165, 1.54) is 42.6 Å². The minimum Gasteiger partial charge on any atom is -0.467 e. The summed E-state index contributed by atoms with van der Waals surface area (Å²) in [6.45, 7) is 1.02. The summed E-state index contributed by atoms with van der Waals surface area (Å²) < 4.78 is 33.1. The molecule has 1 aliphatic heterocycles. The Balaban J connectivity index is 1.78. The van der Waals surface area contributed by atoms with Crippen molar-refractivity contribution in [2.45, 2.75) is 18.4 Å². The average molecular weight is 462 g/mol. The van der Waals surface area contributed by atoms with Gasteiger partial charge in [0.25, 0.3) is 6.47 Å². The van der Waals surface area contributed by atoms with Crippen LogP contribution in [0, 0.1) is 11.6 Å². The van der Waals surface area contributed by atoms with Crippen LogP contribution in [0.25, 0.3) is 0 Å². The Morgan fingerprint density at radius 1 is 1.03 bits per heavy atom. The molecule has 0 aliphatic carbocycles. The molecule has 5 nitrogen and oxygen atoms in total. The Morgan fingerprint density at radius 3 is 2.38 bits per heavy atom. The van der Waals surface area contributed by atoms with Gasteiger partial charge in [0.05, 0.1) is 11.6 Å². The monoisotopic (exact) mass is 462 g/mol. The number of ether oxygens (including phenoxy) is 1. The summed E-state index contributed by atoms with van der Waals surface area (Å²) in [5, 5.41) is 0. The SMILES string of the molecule is CN(C)Cc1ccc(C(COC=O)c2cc(F)cc3c2C(=O)C(c2ccc(F)cc2)C=N3)cc1. The maximum atomic E-state index is 14.6. The minimum absolute atomic E-state index is 0.0649. The molecule has 7 heteroatoms. The highest BCUT2D eigenvalue weighted by Gasteiger charge is 2.32. The quantitative estimate of drug-likeness (QED) is 0.442. The Morgan fingerprint density at radius 2 is 1.74 bits per heavy atom. The lowest BCUT2D eigenvalue weighted by Crippen LogP contribution is -2.22. The summed E-state index contributed by atoms with van der Waals surface area (Å²) in [7, 11) is 3.94. The Labute approximate surface area is 196 Å². The van der Waals surface area contributed by atoms with E-state index < -0.39 is 23.5 Å². The molecule has 3 aromatic rings. The number of carbonyl (C=O) groups is 2. The lowest BCUT2D eigenvalue weighted by Gasteiger charge is -2.25. The van der Waals surface area contributed by atoms with Gasteiger partial charge in [0.2, 0.25) is 0 Å². The predicted molar refractivity (Wildman–Crippen MR) is 126 cm³/mol. The molecule has 0 fully saturated rings. The minimum atomic E-state index is -0.729. The number of aliphatic imine (C=N–C) groups is 1. The van der Waals surface area contributed by atoms with Gasteiger partial charge in [-0.2, -0.15) is 0 Å². The number of carbonyl (C=O) groups excluding carboxylic acids is 2. The first-order valence-corrected chi connectivity index (χ1v) is 10.8. The number of benzene rings is 3. The zero-order valence-electron chi connectivity index (χ0n) is 18.9. The summed E-state index contributed by atoms with van der Waals surface area (Å²) in [5.41, 5.74) is 3.34. The second kappa shape index (κ2) is 10.1. The van der Waals surface area contributed by atoms with Crippen molar-refractivity contribution in [1.82, 2.24) is 4.90 Å². The molecular formula is C27H24F2N2O3. The van der Waals surface area contributed by atoms with Crippen molar-refractivity contribution in [3.05, 3.63) is 100 Å². The topological polar surface area (TPSA) is 59.0 Å². The van der Waals surface area contributed by atoms with Crippen LogP contribution >= 0.6 is 0 Å². The maximum Gasteiger partial charge on any atom is 0.293 e. The number of nitrogens with zero attached hydrogens (tertiary/aromatic N) is 2. The molecule has 0 bridgehead atoms. The summed E-state index contributed by atoms with van der Waals surface area (Å²) >= 11 is 0. The van der Waals surface area contributed by atoms with Crippen molar-refractivity contribution in [2.24, 2.45) is 4.99 Å². The number of hydrogen-bond donors (Lipinski definition) is 0. The lowest BCUT2D eigenvalue weighted by atomic mass is 9.81. The molecule has 1 heterocycles. The van der Waals surface area contributed by atoms with E-state index in [0.717, 1.165) is 17.7 Å². The van der Waals surface area contributed by atoms with Crippen LogP contribution in [-0.4, -0.2) is 44.1 Å². The molecule has 1 aliphatic rings. The second-order valence-electron chi connectivity index (χ2n) is 8.52. The predicted octanol–water partition coefficient (Wildman–Crippen LogP) is 5.01. The molecule has 0 aromatic heterocycles. The number of rotatable bonds is 8. The van der Waals surface area contributed by atoms with E-state index in [4.69, 9.17) is 4.74 Å². The number of hydrogen-bond acceptors (Lipinski definition) is 5. The molecule has 0 spiro atoms. The highest BCUT2D eigenvalue weighted by Crippen LogP contribution is 2.39. The second-order valence-corrected chi connectivity index (χ2v) is 8.52. The Kier molecular flexibility index (Phi) is 6.93. The van der Waals surface area contributed by atoms with E-state index in [2.05, 4.69) is 4.99 Å². The van der Waals surface area contributed by atoms with Gasteiger partial charge in [-0.3, -0.25) is 14.6 Å². The van der Waals surface area contributed by atoms with Gasteiger partial charge in [0.15, 0.2) is 5.78 Å². The van der Waals surface area contributed by atoms with Crippen molar-refractivity contribution in [2.75, 3.05) is 20.7 Å². The van der Waals surface area contributed by atoms with Crippen LogP contribution in [0.2, 0.25) is 0 Å². The fourth-order valence-corrected chi connectivity index (χ4v) is 4.27. The fourth-order valence-electron chi connectivity index (χ4n) is 4.27. The molecule has 0 N–H and O–H groups in total. The number of Topliss-reactive ketones (excluding diaryl/α,β-unsaturated/α-hetero) is 1. The molecule has 34 heavy (non-hydrogen) atoms. The first kappa shape index (κ1) is 23.4. The standard InChI is InChI=1S/C27H24F2N2O3/c1-31(2)14-17-3-5-19(6-4-17)24(15-34-16-32)22-11-21(29)12-25-26(22)27(33)23(13-30-25)18-7-9-20(28)10-8-18/h3-13,16,23-24H,14-15H2,1-2H3. The van der Waals surface area contributed by atoms with Gasteiger partial charge in [-0.15, -0.1) is 0 Å². The third-order valence-corrected chi connectivity index (χ3v) is 5.82. The molecule has 4 rings (SSSR count). The first-order chi connectivity index (χ1) is 16.4. The molecule has 0 saturated heterocycles. The van der Waals surface area contributed by atoms with Gasteiger partial charge < -0.3 is 9.64 Å². The van der Waals surface area contributed by atoms with E-state index >= 15 is 0 Å². The number of halogens is 2. The summed E-state index contributed by atoms with van der Waals surface area (Å²) in [5.74, 6) is -2.52. The molecule has 2 unspecified atom stereocenters. The normalized spacial score (nSPS) is 15.8. The molecular weight excluding hydrogens is 438 g/mol. The van der Waals surface area contributed by atoms with Gasteiger partial charge in [-0.25, -0.2) is 8.78 Å². The molecule has 0 saturated carbocycles. The highest BCUT2D eigenvalue weighted by atomic mass is 19.1. The van der Waals surface area contributed by atoms with Crippen LogP contribution in [0.15, 0.2) is 65.7 Å². The summed E-state index contributed by atoms with van der Waals surface area (Å²) in [4.78, 5) is 31.0. The molecule has 3 aromatic carbocycles. The highest BCUT2D eigenvalue weighted by molar-refractivity contribution is 6.16. The van der Waals surface area contributed by atoms with Crippen LogP contribution < -0.4 is 0 Å². The maximum absolute atomic E-state index is 14.6. The lowest BCUT2D eigenvalue weighted by molar-refractivity contribution is -0.128. The zero-order valence-corrected chi connectivity index (χ0v) is 18.9. The van der Waals surface area contributed by atoms with Crippen LogP contribution in [-0.2, 0) is 16.1 Å². The zero-order chi connectivity index (χ0) is 24.2. The van der Waals surface area contributed by atoms with E-state index in [1.54, 1.807) is 0 Å². The van der Waals surface area contributed by atoms with Crippen LogP contribution in [0.5, 0.6) is 0 Å². The van der Waals surface area contributed by atoms with E-state index in [0.29, 0.717) is 17.6 Å². The summed E-state index contributed by atoms with van der Waals surface area (Å²) in [6.07, 6.45) is 1.45. The van der Waals surface area contributed by atoms with Gasteiger partial charge in [0, 0.05) is 30.3 Å². The van der Waals surface area contributed by atoms with Gasteiger partial charge in [-0.05, 0) is 54.5 Å². The van der Waals surface area contributed by atoms with Crippen LogP contribution in [0.3, 0.4) is 0 Å². The van der Waals surface area contributed by atoms with E-state index in [1.807, 2.05) is 43.3 Å². The molecule has 0 amide bonds. The largest absolute Gasteiger partial charge is 0.467 e. The smallest absolute Gasteiger partial charge is 0.293 e. The summed E-state index contributed by atoms with van der Waals surface area (Å²) in [6, 6.07) is 15.8. The van der Waals surface area contributed by atoms with Crippen molar-refractivity contribution in [3.63, 3.8) is 0 Å². The first-order valence-electron chi connectivity index (χ1n) is 10.8. The van der Waals surface area contributed by atoms with Crippen LogP contribution in [0.4, 0.5) is 14.5 Å². The van der Waals surface area contributed by atoms with Gasteiger partial charge >= 0.3 is 0 Å². The molecule has 0 radical (unpaired) electrons. The van der Waals surface area contributed by atoms with Crippen molar-refractivity contribution >= 4 is 24.2 Å². The average Bonchev–Trinajstić information content (AvgIpc) is 2.80. The van der Waals surface area contributed by atoms with Crippen molar-refractivity contribution in [3.8, 4) is 0 Å². The number of fused-ring (bicyclic) bond motifs is 1. The molecule has 2 atom stereocenters. The number of ketones is 1. The van der Waals surface area contributed by atoms with E-state index in [9.17, 15) is 18.4 Å². The van der Waals surface area contributed by atoms with E-state index in [-0.39, 0.29) is 23.6 Å². The van der Waals surface area contributed by atoms with Crippen molar-refractivity contribution in [1.29, 1.82) is 0 Å². The molecule has 174 valence electrons. The third-order valence-electron chi connectivity index (χ3n) is 5.82. The Bertz CT molecular complexity index is 1220. The van der Waals surface area contributed by atoms with Crippen molar-refractivity contribution < 1.29 is 23.1 Å². The van der Waals surface area contributed by atoms with Crippen LogP contribution in [0.1, 0.15) is 44.4 Å². The Hall–Kier alpha value is -3.71. The third kappa shape index (κ3) is 4.94. The van der Waals surface area contributed by atoms with Gasteiger partial charge in [0.1, 0.15) is 18.2 Å². The van der Waals surface area contributed by atoms with Gasteiger partial charge in [-0.1, -0.05) is 36.4 Å². The fraction of sp³-hybridized carbons (Fsp3) is 0.222.